The van der Waals surface area contributed by atoms with Gasteiger partial charge in [-0.25, -0.2) is 9.59 Å². The predicted octanol–water partition coefficient (Wildman–Crippen LogP) is 2.37. The van der Waals surface area contributed by atoms with Gasteiger partial charge in [0, 0.05) is 42.1 Å². The maximum atomic E-state index is 14.6. The fraction of sp³-hybridized carbons (Fsp3) is 0.410. The Hall–Kier alpha value is -5.55. The number of hydrogen-bond donors (Lipinski definition) is 7. The Labute approximate surface area is 314 Å². The molecule has 1 saturated heterocycles. The van der Waals surface area contributed by atoms with E-state index in [4.69, 9.17) is 24.7 Å². The van der Waals surface area contributed by atoms with Crippen LogP contribution in [0.15, 0.2) is 65.0 Å². The summed E-state index contributed by atoms with van der Waals surface area (Å²) in [6.45, 7) is 6.30. The summed E-state index contributed by atoms with van der Waals surface area (Å²) in [5.74, 6) is -12.6. The number of Topliss-reactive ketones (excluding diaryl/α,β-unsaturated/α-hetero) is 2. The van der Waals surface area contributed by atoms with Crippen LogP contribution in [0.3, 0.4) is 0 Å². The molecule has 4 aliphatic rings. The van der Waals surface area contributed by atoms with Crippen molar-refractivity contribution in [2.75, 3.05) is 7.11 Å². The van der Waals surface area contributed by atoms with Crippen molar-refractivity contribution in [2.45, 2.75) is 82.3 Å². The van der Waals surface area contributed by atoms with Crippen molar-refractivity contribution in [3.05, 3.63) is 87.2 Å². The predicted molar refractivity (Wildman–Crippen MR) is 188 cm³/mol. The summed E-state index contributed by atoms with van der Waals surface area (Å²) < 4.78 is 23.0. The topological polar surface area (TPSA) is 270 Å². The summed E-state index contributed by atoms with van der Waals surface area (Å²) in [5, 5.41) is 68.4. The van der Waals surface area contributed by atoms with Crippen molar-refractivity contribution in [3.8, 4) is 11.5 Å². The van der Waals surface area contributed by atoms with Gasteiger partial charge < -0.3 is 55.3 Å². The van der Waals surface area contributed by atoms with Gasteiger partial charge in [0.15, 0.2) is 17.8 Å². The normalized spacial score (nSPS) is 32.0. The van der Waals surface area contributed by atoms with Crippen LogP contribution in [0, 0.1) is 11.8 Å². The Balaban J connectivity index is 1.44. The molecule has 8 N–H and O–H groups in total. The Morgan fingerprint density at radius 2 is 1.69 bits per heavy atom. The van der Waals surface area contributed by atoms with Crippen molar-refractivity contribution in [3.63, 3.8) is 0 Å². The molecule has 0 aromatic heterocycles. The Kier molecular flexibility index (Phi) is 9.93. The summed E-state index contributed by atoms with van der Waals surface area (Å²) >= 11 is 0. The van der Waals surface area contributed by atoms with Crippen LogP contribution in [0.5, 0.6) is 11.5 Å². The van der Waals surface area contributed by atoms with E-state index in [1.165, 1.54) is 50.4 Å². The van der Waals surface area contributed by atoms with Gasteiger partial charge in [0.2, 0.25) is 11.6 Å². The van der Waals surface area contributed by atoms with Crippen LogP contribution in [0.4, 0.5) is 0 Å². The van der Waals surface area contributed by atoms with Gasteiger partial charge in [-0.3, -0.25) is 14.4 Å². The number of methoxy groups -OCH3 is 1. The summed E-state index contributed by atoms with van der Waals surface area (Å²) in [4.78, 5) is 66.6. The number of primary amides is 1. The minimum absolute atomic E-state index is 0.0705. The lowest BCUT2D eigenvalue weighted by atomic mass is 9.55. The van der Waals surface area contributed by atoms with E-state index in [2.05, 4.69) is 0 Å². The average Bonchev–Trinajstić information content (AvgIpc) is 3.14. The second kappa shape index (κ2) is 13.9. The molecule has 16 heteroatoms. The molecule has 1 saturated carbocycles. The number of esters is 2. The number of aliphatic hydroxyl groups excluding tert-OH is 3. The smallest absolute Gasteiger partial charge is 0.342 e. The van der Waals surface area contributed by atoms with Gasteiger partial charge in [-0.05, 0) is 51.8 Å². The maximum absolute atomic E-state index is 14.6. The van der Waals surface area contributed by atoms with Gasteiger partial charge in [-0.15, -0.1) is 0 Å². The number of nitrogens with two attached hydrogens (primary N) is 1. The average molecular weight is 764 g/mol. The number of aliphatic hydroxyl groups is 4. The number of aromatic hydroxyl groups is 2. The van der Waals surface area contributed by atoms with E-state index >= 15 is 0 Å². The van der Waals surface area contributed by atoms with Crippen LogP contribution >= 0.6 is 0 Å². The van der Waals surface area contributed by atoms with Gasteiger partial charge in [-0.2, -0.15) is 0 Å². The van der Waals surface area contributed by atoms with Crippen LogP contribution in [0.2, 0.25) is 0 Å². The maximum Gasteiger partial charge on any atom is 0.342 e. The number of phenolic OH excluding ortho intramolecular Hbond substituents is 2. The van der Waals surface area contributed by atoms with Crippen molar-refractivity contribution in [1.29, 1.82) is 0 Å². The standard InChI is InChI=1S/C39H41NO15/c1-6-15(2)36(49)54-31-16(3)53-24(14-23(31)42)18-11-12-19-25(28(18)43)29(44)26-20(38(19,4)52-5)13-21-32(55-37(50)17-9-7-8-10-22(17)41)30(45)27(35(40)48)34(47)39(21,51)33(26)46/h6-12,16,20-21,23-24,31-32,41-44,47,51H,13-14H2,1-5H3,(H2,40,48)/b15-6+. The molecule has 9 unspecified atom stereocenters. The van der Waals surface area contributed by atoms with Gasteiger partial charge in [0.1, 0.15) is 34.2 Å². The van der Waals surface area contributed by atoms with Crippen LogP contribution in [0.1, 0.15) is 73.7 Å². The molecule has 16 nitrogen and oxygen atoms in total. The van der Waals surface area contributed by atoms with E-state index < -0.39 is 124 Å². The molecule has 1 amide bonds. The second-order valence-electron chi connectivity index (χ2n) is 14.3. The molecule has 6 rings (SSSR count). The zero-order valence-corrected chi connectivity index (χ0v) is 30.4. The monoisotopic (exact) mass is 763 g/mol. The fourth-order valence-electron chi connectivity index (χ4n) is 8.17. The third-order valence-electron chi connectivity index (χ3n) is 11.4. The number of ketones is 2. The number of hydrogen-bond acceptors (Lipinski definition) is 15. The number of allylic oxidation sites excluding steroid dienone is 1. The number of ether oxygens (including phenoxy) is 4. The van der Waals surface area contributed by atoms with Gasteiger partial charge in [-0.1, -0.05) is 30.3 Å². The Bertz CT molecular complexity index is 2110. The van der Waals surface area contributed by atoms with Crippen molar-refractivity contribution >= 4 is 35.2 Å². The molecular weight excluding hydrogens is 722 g/mol. The van der Waals surface area contributed by atoms with Crippen molar-refractivity contribution < 1.29 is 73.6 Å². The lowest BCUT2D eigenvalue weighted by Gasteiger charge is -2.52. The number of fused-ring (bicyclic) bond motifs is 3. The third-order valence-corrected chi connectivity index (χ3v) is 11.4. The first kappa shape index (κ1) is 39.2. The minimum atomic E-state index is -3.18. The van der Waals surface area contributed by atoms with E-state index in [1.54, 1.807) is 26.8 Å². The lowest BCUT2D eigenvalue weighted by molar-refractivity contribution is -0.191. The number of benzene rings is 2. The first-order chi connectivity index (χ1) is 25.8. The number of carbonyl (C=O) groups excluding carboxylic acids is 5. The molecule has 55 heavy (non-hydrogen) atoms. The van der Waals surface area contributed by atoms with E-state index in [0.29, 0.717) is 5.57 Å². The molecule has 0 spiro atoms. The van der Waals surface area contributed by atoms with E-state index in [0.717, 1.165) is 0 Å². The highest BCUT2D eigenvalue weighted by molar-refractivity contribution is 6.24. The molecule has 2 aromatic rings. The fourth-order valence-corrected chi connectivity index (χ4v) is 8.17. The van der Waals surface area contributed by atoms with Crippen LogP contribution < -0.4 is 5.73 Å². The number of carbonyl (C=O) groups is 5. The Morgan fingerprint density at radius 1 is 1.02 bits per heavy atom. The highest BCUT2D eigenvalue weighted by Gasteiger charge is 2.67. The number of phenols is 2. The lowest BCUT2D eigenvalue weighted by Crippen LogP contribution is -2.65. The highest BCUT2D eigenvalue weighted by Crippen LogP contribution is 2.59. The van der Waals surface area contributed by atoms with Gasteiger partial charge in [0.25, 0.3) is 5.91 Å². The molecule has 0 bridgehead atoms. The molecule has 292 valence electrons. The molecule has 9 atom stereocenters. The van der Waals surface area contributed by atoms with Crippen LogP contribution in [-0.4, -0.2) is 97.2 Å². The summed E-state index contributed by atoms with van der Waals surface area (Å²) in [5.41, 5.74) is -1.30. The number of rotatable bonds is 7. The SMILES string of the molecule is C/C=C(\C)C(=O)OC1C(O)CC(c2ccc3c(c2O)C(O)=C2C(=O)C4(O)C(O)=C(C(N)=O)C(=O)C(OC(=O)c5ccccc5O)C4CC2C3(C)OC)OC1C. The highest BCUT2D eigenvalue weighted by atomic mass is 16.6. The second-order valence-corrected chi connectivity index (χ2v) is 14.3. The molecule has 2 fully saturated rings. The molecule has 0 radical (unpaired) electrons. The van der Waals surface area contributed by atoms with E-state index in [1.807, 2.05) is 0 Å². The summed E-state index contributed by atoms with van der Waals surface area (Å²) in [7, 11) is 1.28. The van der Waals surface area contributed by atoms with E-state index in [9.17, 15) is 54.6 Å². The third kappa shape index (κ3) is 5.87. The van der Waals surface area contributed by atoms with Crippen molar-refractivity contribution in [1.82, 2.24) is 0 Å². The number of para-hydroxylation sites is 1. The number of amides is 1. The van der Waals surface area contributed by atoms with Crippen LogP contribution in [-0.2, 0) is 43.7 Å². The largest absolute Gasteiger partial charge is 0.508 e. The minimum Gasteiger partial charge on any atom is -0.508 e. The first-order valence-corrected chi connectivity index (χ1v) is 17.4. The quantitative estimate of drug-likeness (QED) is 0.121. The molecule has 1 heterocycles. The van der Waals surface area contributed by atoms with E-state index in [-0.39, 0.29) is 28.7 Å². The molecule has 2 aromatic carbocycles. The van der Waals surface area contributed by atoms with Gasteiger partial charge >= 0.3 is 11.9 Å². The molecule has 3 aliphatic carbocycles. The first-order valence-electron chi connectivity index (χ1n) is 17.4. The Morgan fingerprint density at radius 3 is 2.29 bits per heavy atom. The van der Waals surface area contributed by atoms with Crippen LogP contribution in [0.25, 0.3) is 5.76 Å². The summed E-state index contributed by atoms with van der Waals surface area (Å²) in [6.07, 6.45) is -5.35. The molecule has 1 aliphatic heterocycles. The van der Waals surface area contributed by atoms with Gasteiger partial charge in [0.05, 0.1) is 29.5 Å². The van der Waals surface area contributed by atoms with Crippen molar-refractivity contribution in [2.24, 2.45) is 17.6 Å². The zero-order valence-electron chi connectivity index (χ0n) is 30.4. The summed E-state index contributed by atoms with van der Waals surface area (Å²) in [6, 6.07) is 8.15. The molecular formula is C39H41NO15. The zero-order chi connectivity index (χ0) is 40.5.